The first-order chi connectivity index (χ1) is 14.0. The van der Waals surface area contributed by atoms with Gasteiger partial charge in [-0.05, 0) is 36.8 Å². The van der Waals surface area contributed by atoms with Crippen LogP contribution in [0.4, 0.5) is 0 Å². The number of imidazole rings is 1. The summed E-state index contributed by atoms with van der Waals surface area (Å²) in [6, 6.07) is 9.45. The normalized spacial score (nSPS) is 14.2. The van der Waals surface area contributed by atoms with Crippen molar-refractivity contribution in [1.82, 2.24) is 23.6 Å². The smallest absolute Gasteiger partial charge is 0.328 e. The molecule has 0 N–H and O–H groups in total. The number of fused-ring (bicyclic) bond motifs is 1. The first kappa shape index (κ1) is 19.6. The van der Waals surface area contributed by atoms with Crippen LogP contribution in [-0.4, -0.2) is 36.2 Å². The lowest BCUT2D eigenvalue weighted by Crippen LogP contribution is -2.40. The molecule has 2 heterocycles. The molecule has 29 heavy (non-hydrogen) atoms. The number of hydrogen-bond acceptors (Lipinski definition) is 4. The predicted molar refractivity (Wildman–Crippen MR) is 114 cm³/mol. The number of benzene rings is 1. The van der Waals surface area contributed by atoms with Crippen molar-refractivity contribution < 1.29 is 0 Å². The summed E-state index contributed by atoms with van der Waals surface area (Å²) in [6.45, 7) is 4.38. The summed E-state index contributed by atoms with van der Waals surface area (Å²) in [5, 5.41) is 0. The lowest BCUT2D eigenvalue weighted by atomic mass is 10.1. The second-order valence-corrected chi connectivity index (χ2v) is 8.05. The minimum Gasteiger partial charge on any atom is -0.328 e. The fraction of sp³-hybridized carbons (Fsp3) is 0.500. The molecule has 0 atom stereocenters. The number of rotatable bonds is 8. The Morgan fingerprint density at radius 3 is 2.45 bits per heavy atom. The highest BCUT2D eigenvalue weighted by atomic mass is 16.2. The Labute approximate surface area is 170 Å². The Hall–Kier alpha value is -2.67. The third-order valence-corrected chi connectivity index (χ3v) is 5.91. The number of nitrogens with zero attached hydrogens (tertiary/aromatic N) is 5. The molecule has 1 aliphatic rings. The Balaban J connectivity index is 1.47. The number of aryl methyl sites for hydroxylation is 3. The Bertz CT molecular complexity index is 1120. The molecule has 7 heteroatoms. The zero-order chi connectivity index (χ0) is 20.5. The van der Waals surface area contributed by atoms with Crippen LogP contribution in [0.5, 0.6) is 0 Å². The molecule has 0 saturated heterocycles. The van der Waals surface area contributed by atoms with E-state index in [9.17, 15) is 9.59 Å². The molecule has 0 spiro atoms. The summed E-state index contributed by atoms with van der Waals surface area (Å²) in [7, 11) is 3.45. The van der Waals surface area contributed by atoms with Crippen LogP contribution in [0.3, 0.4) is 0 Å². The van der Waals surface area contributed by atoms with Crippen molar-refractivity contribution in [2.45, 2.75) is 51.7 Å². The lowest BCUT2D eigenvalue weighted by Gasteiger charge is -2.22. The molecule has 1 fully saturated rings. The van der Waals surface area contributed by atoms with Gasteiger partial charge in [-0.15, -0.1) is 0 Å². The maximum Gasteiger partial charge on any atom is 0.332 e. The minimum atomic E-state index is -0.297. The predicted octanol–water partition coefficient (Wildman–Crippen LogP) is 2.05. The van der Waals surface area contributed by atoms with Crippen molar-refractivity contribution in [2.75, 3.05) is 6.54 Å². The standard InChI is InChI=1S/C22H29N5O2/c1-4-16-6-8-17(9-7-16)14-26(18-10-11-18)12-5-13-27-21(28)19-20(23-15-24(19)2)25(3)22(27)29/h6-9,15,18H,4-5,10-14H2,1-3H3. The summed E-state index contributed by atoms with van der Waals surface area (Å²) in [5.41, 5.74) is 3.03. The van der Waals surface area contributed by atoms with Gasteiger partial charge in [0, 0.05) is 39.8 Å². The van der Waals surface area contributed by atoms with E-state index in [0.29, 0.717) is 23.8 Å². The molecule has 4 rings (SSSR count). The molecule has 0 bridgehead atoms. The van der Waals surface area contributed by atoms with Gasteiger partial charge >= 0.3 is 5.69 Å². The molecule has 7 nitrogen and oxygen atoms in total. The summed E-state index contributed by atoms with van der Waals surface area (Å²) >= 11 is 0. The quantitative estimate of drug-likeness (QED) is 0.586. The molecule has 1 saturated carbocycles. The van der Waals surface area contributed by atoms with Crippen molar-refractivity contribution in [3.63, 3.8) is 0 Å². The SMILES string of the molecule is CCc1ccc(CN(CCCn2c(=O)c3c(ncn3C)n(C)c2=O)C2CC2)cc1. The third-order valence-electron chi connectivity index (χ3n) is 5.91. The fourth-order valence-electron chi connectivity index (χ4n) is 3.97. The van der Waals surface area contributed by atoms with Gasteiger partial charge in [0.1, 0.15) is 0 Å². The molecule has 2 aromatic heterocycles. The van der Waals surface area contributed by atoms with E-state index in [1.54, 1.807) is 25.0 Å². The average Bonchev–Trinajstić information content (AvgIpc) is 3.50. The van der Waals surface area contributed by atoms with E-state index in [4.69, 9.17) is 0 Å². The van der Waals surface area contributed by atoms with E-state index in [-0.39, 0.29) is 11.2 Å². The topological polar surface area (TPSA) is 65.1 Å². The summed E-state index contributed by atoms with van der Waals surface area (Å²) < 4.78 is 4.50. The monoisotopic (exact) mass is 395 g/mol. The highest BCUT2D eigenvalue weighted by Gasteiger charge is 2.28. The van der Waals surface area contributed by atoms with Crippen LogP contribution in [0.25, 0.3) is 11.2 Å². The van der Waals surface area contributed by atoms with Crippen LogP contribution in [0.1, 0.15) is 37.3 Å². The molecular weight excluding hydrogens is 366 g/mol. The van der Waals surface area contributed by atoms with Gasteiger partial charge in [0.25, 0.3) is 5.56 Å². The van der Waals surface area contributed by atoms with Crippen molar-refractivity contribution in [3.8, 4) is 0 Å². The van der Waals surface area contributed by atoms with Gasteiger partial charge in [-0.3, -0.25) is 18.8 Å². The number of aromatic nitrogens is 4. The van der Waals surface area contributed by atoms with Gasteiger partial charge in [0.2, 0.25) is 0 Å². The number of hydrogen-bond donors (Lipinski definition) is 0. The van der Waals surface area contributed by atoms with Gasteiger partial charge in [-0.1, -0.05) is 31.2 Å². The molecular formula is C22H29N5O2. The van der Waals surface area contributed by atoms with E-state index in [0.717, 1.165) is 25.9 Å². The Morgan fingerprint density at radius 1 is 1.10 bits per heavy atom. The highest BCUT2D eigenvalue weighted by molar-refractivity contribution is 5.69. The van der Waals surface area contributed by atoms with E-state index in [1.807, 2.05) is 0 Å². The van der Waals surface area contributed by atoms with Crippen molar-refractivity contribution in [1.29, 1.82) is 0 Å². The molecule has 3 aromatic rings. The van der Waals surface area contributed by atoms with Crippen molar-refractivity contribution in [3.05, 3.63) is 62.6 Å². The molecule has 0 radical (unpaired) electrons. The van der Waals surface area contributed by atoms with Gasteiger partial charge < -0.3 is 4.57 Å². The van der Waals surface area contributed by atoms with Crippen LogP contribution in [0.15, 0.2) is 40.2 Å². The van der Waals surface area contributed by atoms with Crippen LogP contribution in [0, 0.1) is 0 Å². The molecule has 1 aromatic carbocycles. The first-order valence-electron chi connectivity index (χ1n) is 10.4. The Kier molecular flexibility index (Phi) is 5.41. The van der Waals surface area contributed by atoms with E-state index in [2.05, 4.69) is 41.1 Å². The first-order valence-corrected chi connectivity index (χ1v) is 10.4. The Morgan fingerprint density at radius 2 is 1.79 bits per heavy atom. The van der Waals surface area contributed by atoms with Crippen LogP contribution in [0.2, 0.25) is 0 Å². The van der Waals surface area contributed by atoms with Crippen LogP contribution in [-0.2, 0) is 33.6 Å². The van der Waals surface area contributed by atoms with Crippen molar-refractivity contribution >= 4 is 11.2 Å². The van der Waals surface area contributed by atoms with Gasteiger partial charge in [-0.25, -0.2) is 9.78 Å². The lowest BCUT2D eigenvalue weighted by molar-refractivity contribution is 0.245. The highest BCUT2D eigenvalue weighted by Crippen LogP contribution is 2.28. The third kappa shape index (κ3) is 3.92. The average molecular weight is 396 g/mol. The zero-order valence-corrected chi connectivity index (χ0v) is 17.5. The maximum atomic E-state index is 12.8. The molecule has 154 valence electrons. The molecule has 0 unspecified atom stereocenters. The molecule has 0 aliphatic heterocycles. The largest absolute Gasteiger partial charge is 0.332 e. The second-order valence-electron chi connectivity index (χ2n) is 8.05. The van der Waals surface area contributed by atoms with Crippen LogP contribution >= 0.6 is 0 Å². The minimum absolute atomic E-state index is 0.253. The maximum absolute atomic E-state index is 12.8. The van der Waals surface area contributed by atoms with Gasteiger partial charge in [0.05, 0.1) is 6.33 Å². The molecule has 0 amide bonds. The fourth-order valence-corrected chi connectivity index (χ4v) is 3.97. The second kappa shape index (κ2) is 7.99. The molecule has 1 aliphatic carbocycles. The zero-order valence-electron chi connectivity index (χ0n) is 17.5. The summed E-state index contributed by atoms with van der Waals surface area (Å²) in [5.74, 6) is 0. The van der Waals surface area contributed by atoms with Crippen molar-refractivity contribution in [2.24, 2.45) is 14.1 Å². The summed E-state index contributed by atoms with van der Waals surface area (Å²) in [4.78, 5) is 32.2. The van der Waals surface area contributed by atoms with E-state index < -0.39 is 0 Å². The van der Waals surface area contributed by atoms with Gasteiger partial charge in [0.15, 0.2) is 11.2 Å². The van der Waals surface area contributed by atoms with Crippen LogP contribution < -0.4 is 11.2 Å². The van der Waals surface area contributed by atoms with E-state index >= 15 is 0 Å². The summed E-state index contributed by atoms with van der Waals surface area (Å²) in [6.07, 6.45) is 5.86. The van der Waals surface area contributed by atoms with Gasteiger partial charge in [-0.2, -0.15) is 0 Å². The van der Waals surface area contributed by atoms with E-state index in [1.165, 1.54) is 33.1 Å².